The highest BCUT2D eigenvalue weighted by Gasteiger charge is 2.62. The normalized spacial score (nSPS) is 38.4. The summed E-state index contributed by atoms with van der Waals surface area (Å²) in [7, 11) is 1.37. The lowest BCUT2D eigenvalue weighted by atomic mass is 9.40. The zero-order valence-corrected chi connectivity index (χ0v) is 15.4. The van der Waals surface area contributed by atoms with Gasteiger partial charge in [-0.25, -0.2) is 4.79 Å². The molecule has 0 unspecified atom stereocenters. The van der Waals surface area contributed by atoms with E-state index < -0.39 is 0 Å². The minimum atomic E-state index is -0.383. The van der Waals surface area contributed by atoms with E-state index in [1.807, 2.05) is 6.07 Å². The van der Waals surface area contributed by atoms with Gasteiger partial charge in [-0.05, 0) is 73.5 Å². The van der Waals surface area contributed by atoms with Gasteiger partial charge in [-0.2, -0.15) is 0 Å². The van der Waals surface area contributed by atoms with Crippen LogP contribution in [0.3, 0.4) is 0 Å². The average molecular weight is 341 g/mol. The summed E-state index contributed by atoms with van der Waals surface area (Å²) in [6, 6.07) is 7.03. The average Bonchev–Trinajstić information content (AvgIpc) is 2.51. The van der Waals surface area contributed by atoms with Crippen LogP contribution in [0.5, 0.6) is 0 Å². The van der Waals surface area contributed by atoms with Crippen molar-refractivity contribution in [3.05, 3.63) is 29.8 Å². The van der Waals surface area contributed by atoms with Gasteiger partial charge in [0.05, 0.1) is 18.1 Å². The Bertz CT molecular complexity index is 722. The summed E-state index contributed by atoms with van der Waals surface area (Å²) in [5, 5.41) is 3.11. The van der Waals surface area contributed by atoms with Gasteiger partial charge >= 0.3 is 5.97 Å². The second-order valence-corrected chi connectivity index (χ2v) is 9.44. The van der Waals surface area contributed by atoms with E-state index in [0.29, 0.717) is 28.0 Å². The molecule has 2 atom stereocenters. The number of hydrogen-bond donors (Lipinski definition) is 1. The molecular formula is C21H27NO3. The van der Waals surface area contributed by atoms with E-state index in [2.05, 4.69) is 19.2 Å². The van der Waals surface area contributed by atoms with E-state index >= 15 is 0 Å². The zero-order valence-electron chi connectivity index (χ0n) is 15.4. The highest BCUT2D eigenvalue weighted by molar-refractivity contribution is 5.97. The summed E-state index contributed by atoms with van der Waals surface area (Å²) in [6.07, 6.45) is 6.80. The van der Waals surface area contributed by atoms with Gasteiger partial charge in [-0.1, -0.05) is 19.9 Å². The fourth-order valence-electron chi connectivity index (χ4n) is 6.81. The lowest BCUT2D eigenvalue weighted by Gasteiger charge is -2.64. The molecule has 0 heterocycles. The van der Waals surface area contributed by atoms with E-state index in [0.717, 1.165) is 19.3 Å². The van der Waals surface area contributed by atoms with Crippen molar-refractivity contribution in [3.63, 3.8) is 0 Å². The van der Waals surface area contributed by atoms with Crippen LogP contribution >= 0.6 is 0 Å². The summed E-state index contributed by atoms with van der Waals surface area (Å²) in [6.45, 7) is 4.74. The highest BCUT2D eigenvalue weighted by atomic mass is 16.5. The fourth-order valence-corrected chi connectivity index (χ4v) is 6.81. The first-order valence-corrected chi connectivity index (χ1v) is 9.25. The Labute approximate surface area is 149 Å². The van der Waals surface area contributed by atoms with E-state index in [9.17, 15) is 9.59 Å². The Morgan fingerprint density at radius 2 is 1.76 bits per heavy atom. The first-order valence-electron chi connectivity index (χ1n) is 9.25. The molecule has 25 heavy (non-hydrogen) atoms. The van der Waals surface area contributed by atoms with Crippen LogP contribution in [-0.2, 0) is 9.53 Å². The SMILES string of the molecule is COC(=O)c1cccc(NC(=O)C23CC4C[C@@](C)(C2)C[C@@](C)(C4)C3)c1. The molecular weight excluding hydrogens is 314 g/mol. The predicted octanol–water partition coefficient (Wildman–Crippen LogP) is 4.41. The van der Waals surface area contributed by atoms with Gasteiger partial charge in [0.1, 0.15) is 0 Å². The first-order chi connectivity index (χ1) is 11.7. The monoisotopic (exact) mass is 341 g/mol. The van der Waals surface area contributed by atoms with Crippen molar-refractivity contribution in [2.24, 2.45) is 22.2 Å². The molecule has 1 aromatic rings. The highest BCUT2D eigenvalue weighted by Crippen LogP contribution is 2.69. The molecule has 4 aliphatic carbocycles. The van der Waals surface area contributed by atoms with Gasteiger partial charge in [0.25, 0.3) is 0 Å². The standard InChI is InChI=1S/C21H27NO3/c1-19-8-14-9-20(2,11-19)13-21(10-14,12-19)18(24)22-16-6-4-5-15(7-16)17(23)25-3/h4-7,14H,8-13H2,1-3H3,(H,22,24)/t14?,19-,20-,21?/m1/s1. The number of hydrogen-bond acceptors (Lipinski definition) is 3. The van der Waals surface area contributed by atoms with Crippen LogP contribution in [0.15, 0.2) is 24.3 Å². The molecule has 1 aromatic carbocycles. The molecule has 1 N–H and O–H groups in total. The predicted molar refractivity (Wildman–Crippen MR) is 96.3 cm³/mol. The summed E-state index contributed by atoms with van der Waals surface area (Å²) in [4.78, 5) is 25.0. The number of carbonyl (C=O) groups excluding carboxylic acids is 2. The van der Waals surface area contributed by atoms with Crippen LogP contribution in [0, 0.1) is 22.2 Å². The lowest BCUT2D eigenvalue weighted by molar-refractivity contribution is -0.165. The summed E-state index contributed by atoms with van der Waals surface area (Å²) in [5.41, 5.74) is 1.51. The minimum absolute atomic E-state index is 0.135. The fraction of sp³-hybridized carbons (Fsp3) is 0.619. The number of nitrogens with one attached hydrogen (secondary N) is 1. The van der Waals surface area contributed by atoms with E-state index in [1.54, 1.807) is 18.2 Å². The smallest absolute Gasteiger partial charge is 0.337 e. The minimum Gasteiger partial charge on any atom is -0.465 e. The third kappa shape index (κ3) is 2.76. The van der Waals surface area contributed by atoms with Crippen molar-refractivity contribution in [1.82, 2.24) is 0 Å². The molecule has 5 rings (SSSR count). The number of ether oxygens (including phenoxy) is 1. The molecule has 4 bridgehead atoms. The van der Waals surface area contributed by atoms with Crippen molar-refractivity contribution >= 4 is 17.6 Å². The van der Waals surface area contributed by atoms with Crippen molar-refractivity contribution in [2.45, 2.75) is 52.4 Å². The maximum atomic E-state index is 13.3. The molecule has 0 aromatic heterocycles. The maximum absolute atomic E-state index is 13.3. The van der Waals surface area contributed by atoms with Crippen molar-refractivity contribution < 1.29 is 14.3 Å². The molecule has 134 valence electrons. The number of amides is 1. The second kappa shape index (κ2) is 5.33. The number of carbonyl (C=O) groups is 2. The number of methoxy groups -OCH3 is 1. The van der Waals surface area contributed by atoms with E-state index in [4.69, 9.17) is 4.74 Å². The summed E-state index contributed by atoms with van der Waals surface area (Å²) < 4.78 is 4.77. The Balaban J connectivity index is 1.58. The molecule has 4 aliphatic rings. The van der Waals surface area contributed by atoms with Gasteiger partial charge in [0, 0.05) is 5.69 Å². The Morgan fingerprint density at radius 3 is 2.36 bits per heavy atom. The largest absolute Gasteiger partial charge is 0.465 e. The zero-order chi connectivity index (χ0) is 17.9. The topological polar surface area (TPSA) is 55.4 Å². The first kappa shape index (κ1) is 16.6. The van der Waals surface area contributed by atoms with Crippen LogP contribution < -0.4 is 5.32 Å². The molecule has 4 fully saturated rings. The third-order valence-electron chi connectivity index (χ3n) is 6.65. The van der Waals surface area contributed by atoms with Crippen molar-refractivity contribution in [2.75, 3.05) is 12.4 Å². The number of esters is 1. The van der Waals surface area contributed by atoms with Crippen molar-refractivity contribution in [3.8, 4) is 0 Å². The van der Waals surface area contributed by atoms with Crippen LogP contribution in [-0.4, -0.2) is 19.0 Å². The second-order valence-electron chi connectivity index (χ2n) is 9.44. The van der Waals surface area contributed by atoms with Crippen LogP contribution in [0.2, 0.25) is 0 Å². The van der Waals surface area contributed by atoms with Crippen LogP contribution in [0.4, 0.5) is 5.69 Å². The van der Waals surface area contributed by atoms with Gasteiger partial charge in [-0.15, -0.1) is 0 Å². The molecule has 1 amide bonds. The van der Waals surface area contributed by atoms with Crippen molar-refractivity contribution in [1.29, 1.82) is 0 Å². The van der Waals surface area contributed by atoms with Crippen LogP contribution in [0.1, 0.15) is 62.7 Å². The Hall–Kier alpha value is -1.84. The molecule has 0 radical (unpaired) electrons. The van der Waals surface area contributed by atoms with E-state index in [-0.39, 0.29) is 17.3 Å². The molecule has 4 heteroatoms. The molecule has 0 spiro atoms. The van der Waals surface area contributed by atoms with Gasteiger partial charge in [0.15, 0.2) is 0 Å². The molecule has 0 saturated heterocycles. The van der Waals surface area contributed by atoms with Crippen LogP contribution in [0.25, 0.3) is 0 Å². The Morgan fingerprint density at radius 1 is 1.08 bits per heavy atom. The number of rotatable bonds is 3. The van der Waals surface area contributed by atoms with Gasteiger partial charge in [-0.3, -0.25) is 4.79 Å². The van der Waals surface area contributed by atoms with E-state index in [1.165, 1.54) is 26.4 Å². The third-order valence-corrected chi connectivity index (χ3v) is 6.65. The molecule has 4 nitrogen and oxygen atoms in total. The number of benzene rings is 1. The Kier molecular flexibility index (Phi) is 3.54. The summed E-state index contributed by atoms with van der Waals surface area (Å²) in [5.74, 6) is 0.431. The lowest BCUT2D eigenvalue weighted by Crippen LogP contribution is -2.58. The van der Waals surface area contributed by atoms with Gasteiger partial charge < -0.3 is 10.1 Å². The molecule has 0 aliphatic heterocycles. The number of anilines is 1. The quantitative estimate of drug-likeness (QED) is 0.829. The maximum Gasteiger partial charge on any atom is 0.337 e. The molecule has 4 saturated carbocycles. The van der Waals surface area contributed by atoms with Gasteiger partial charge in [0.2, 0.25) is 5.91 Å². The summed E-state index contributed by atoms with van der Waals surface area (Å²) >= 11 is 0.